The Labute approximate surface area is 257 Å². The summed E-state index contributed by atoms with van der Waals surface area (Å²) in [4.78, 5) is 21.6. The second-order valence-electron chi connectivity index (χ2n) is 9.83. The molecule has 0 saturated carbocycles. The maximum absolute atomic E-state index is 13.5. The number of aliphatic imine (C=N–C) groups is 1. The van der Waals surface area contributed by atoms with Crippen LogP contribution >= 0.6 is 23.4 Å². The average Bonchev–Trinajstić information content (AvgIpc) is 3.35. The van der Waals surface area contributed by atoms with E-state index in [0.29, 0.717) is 39.8 Å². The van der Waals surface area contributed by atoms with Gasteiger partial charge in [0.1, 0.15) is 6.61 Å². The monoisotopic (exact) mass is 655 g/mol. The van der Waals surface area contributed by atoms with Gasteiger partial charge in [0, 0.05) is 42.5 Å². The van der Waals surface area contributed by atoms with E-state index in [1.54, 1.807) is 12.1 Å². The number of carbonyl (C=O) groups is 1. The van der Waals surface area contributed by atoms with E-state index in [-0.39, 0.29) is 17.6 Å². The van der Waals surface area contributed by atoms with Crippen LogP contribution in [0.2, 0.25) is 5.02 Å². The Kier molecular flexibility index (Phi) is 9.07. The lowest BCUT2D eigenvalue weighted by atomic mass is 10.0. The topological polar surface area (TPSA) is 54.4 Å². The predicted molar refractivity (Wildman–Crippen MR) is 157 cm³/mol. The Hall–Kier alpha value is -3.84. The molecule has 14 heteroatoms. The first-order valence-electron chi connectivity index (χ1n) is 13.2. The number of anilines is 1. The number of methoxy groups -OCH3 is 1. The van der Waals surface area contributed by atoms with Crippen LogP contribution in [0, 0.1) is 0 Å². The van der Waals surface area contributed by atoms with Crippen molar-refractivity contribution in [3.8, 4) is 11.5 Å². The molecule has 0 spiro atoms. The van der Waals surface area contributed by atoms with Crippen molar-refractivity contribution < 1.29 is 40.6 Å². The maximum atomic E-state index is 13.5. The molecule has 0 aromatic heterocycles. The third-order valence-electron chi connectivity index (χ3n) is 6.96. The smallest absolute Gasteiger partial charge is 0.416 e. The first kappa shape index (κ1) is 31.6. The summed E-state index contributed by atoms with van der Waals surface area (Å²) in [6.45, 7) is 2.17. The van der Waals surface area contributed by atoms with Crippen molar-refractivity contribution in [3.63, 3.8) is 0 Å². The van der Waals surface area contributed by atoms with Crippen molar-refractivity contribution in [2.45, 2.75) is 19.0 Å². The highest BCUT2D eigenvalue weighted by Crippen LogP contribution is 2.39. The van der Waals surface area contributed by atoms with Crippen molar-refractivity contribution in [1.82, 2.24) is 4.90 Å². The lowest BCUT2D eigenvalue weighted by molar-refractivity contribution is -0.143. The molecule has 0 bridgehead atoms. The second-order valence-corrected chi connectivity index (χ2v) is 11.3. The maximum Gasteiger partial charge on any atom is 0.416 e. The van der Waals surface area contributed by atoms with E-state index >= 15 is 0 Å². The number of hydrogen-bond donors (Lipinski definition) is 0. The van der Waals surface area contributed by atoms with Crippen LogP contribution in [0.5, 0.6) is 11.5 Å². The standard InChI is InChI=1S/C30H24ClF6N3O3S/c1-42-25-14-18(2-9-24(25)43-17-19-3-4-20(29(32,33)34)16-23(19)30(35,36)37)15-26-27(41)38-28(44-26)40-12-10-39(11-13-40)22-7-5-21(31)6-8-22/h2-9,14-16H,10-13,17H2,1H3/b26-15+. The molecule has 1 amide bonds. The highest BCUT2D eigenvalue weighted by Gasteiger charge is 2.38. The third kappa shape index (κ3) is 7.27. The van der Waals surface area contributed by atoms with Gasteiger partial charge in [-0.3, -0.25) is 4.79 Å². The zero-order chi connectivity index (χ0) is 31.6. The molecule has 2 aliphatic heterocycles. The number of benzene rings is 3. The summed E-state index contributed by atoms with van der Waals surface area (Å²) in [5.41, 5.74) is -1.69. The number of hydrogen-bond acceptors (Lipinski definition) is 6. The van der Waals surface area contributed by atoms with Crippen LogP contribution in [0.25, 0.3) is 6.08 Å². The summed E-state index contributed by atoms with van der Waals surface area (Å²) in [5, 5.41) is 1.26. The van der Waals surface area contributed by atoms with Crippen molar-refractivity contribution in [2.75, 3.05) is 38.2 Å². The molecule has 3 aromatic carbocycles. The Balaban J connectivity index is 1.24. The molecule has 0 atom stereocenters. The third-order valence-corrected chi connectivity index (χ3v) is 8.26. The van der Waals surface area contributed by atoms with Gasteiger partial charge < -0.3 is 19.3 Å². The number of piperazine rings is 1. The SMILES string of the molecule is COc1cc(/C=C2/SC(N3CCN(c4ccc(Cl)cc4)CC3)=NC2=O)ccc1OCc1ccc(C(F)(F)F)cc1C(F)(F)F. The number of ether oxygens (including phenoxy) is 2. The van der Waals surface area contributed by atoms with Gasteiger partial charge in [-0.1, -0.05) is 23.7 Å². The number of thioether (sulfide) groups is 1. The van der Waals surface area contributed by atoms with Gasteiger partial charge in [-0.15, -0.1) is 0 Å². The number of alkyl halides is 6. The minimum atomic E-state index is -5.02. The number of carbonyl (C=O) groups excluding carboxylic acids is 1. The molecule has 0 radical (unpaired) electrons. The van der Waals surface area contributed by atoms with E-state index in [1.807, 2.05) is 29.2 Å². The van der Waals surface area contributed by atoms with Gasteiger partial charge in [0.15, 0.2) is 16.7 Å². The predicted octanol–water partition coefficient (Wildman–Crippen LogP) is 7.76. The normalized spacial score (nSPS) is 16.9. The Morgan fingerprint density at radius 1 is 0.886 bits per heavy atom. The van der Waals surface area contributed by atoms with Crippen LogP contribution in [0.1, 0.15) is 22.3 Å². The summed E-state index contributed by atoms with van der Waals surface area (Å²) in [5.74, 6) is -0.162. The highest BCUT2D eigenvalue weighted by molar-refractivity contribution is 8.18. The van der Waals surface area contributed by atoms with Gasteiger partial charge >= 0.3 is 12.4 Å². The summed E-state index contributed by atoms with van der Waals surface area (Å²) in [7, 11) is 1.33. The van der Waals surface area contributed by atoms with Crippen LogP contribution in [-0.4, -0.2) is 49.3 Å². The summed E-state index contributed by atoms with van der Waals surface area (Å²) >= 11 is 7.23. The molecule has 2 aliphatic rings. The molecule has 44 heavy (non-hydrogen) atoms. The Morgan fingerprint density at radius 3 is 2.20 bits per heavy atom. The number of amidine groups is 1. The number of amides is 1. The summed E-state index contributed by atoms with van der Waals surface area (Å²) in [6.07, 6.45) is -8.32. The van der Waals surface area contributed by atoms with Crippen LogP contribution in [0.4, 0.5) is 32.0 Å². The lowest BCUT2D eigenvalue weighted by Crippen LogP contribution is -2.47. The lowest BCUT2D eigenvalue weighted by Gasteiger charge is -2.36. The minimum absolute atomic E-state index is 0.0668. The fraction of sp³-hybridized carbons (Fsp3) is 0.267. The highest BCUT2D eigenvalue weighted by atomic mass is 35.5. The van der Waals surface area contributed by atoms with Crippen LogP contribution in [0.3, 0.4) is 0 Å². The second kappa shape index (κ2) is 12.6. The molecule has 5 rings (SSSR count). The molecule has 1 fully saturated rings. The van der Waals surface area contributed by atoms with Crippen LogP contribution < -0.4 is 14.4 Å². The van der Waals surface area contributed by atoms with Gasteiger partial charge in [-0.05, 0) is 71.9 Å². The molecular formula is C30H24ClF6N3O3S. The van der Waals surface area contributed by atoms with E-state index in [2.05, 4.69) is 9.89 Å². The fourth-order valence-electron chi connectivity index (χ4n) is 4.68. The zero-order valence-electron chi connectivity index (χ0n) is 23.0. The van der Waals surface area contributed by atoms with E-state index in [0.717, 1.165) is 24.8 Å². The van der Waals surface area contributed by atoms with Crippen LogP contribution in [-0.2, 0) is 23.8 Å². The number of nitrogens with zero attached hydrogens (tertiary/aromatic N) is 3. The molecular weight excluding hydrogens is 632 g/mol. The number of rotatable bonds is 6. The van der Waals surface area contributed by atoms with Gasteiger partial charge in [0.25, 0.3) is 5.91 Å². The van der Waals surface area contributed by atoms with E-state index in [9.17, 15) is 31.1 Å². The largest absolute Gasteiger partial charge is 0.493 e. The summed E-state index contributed by atoms with van der Waals surface area (Å²) in [6, 6.07) is 13.6. The molecule has 0 unspecified atom stereocenters. The number of halogens is 7. The van der Waals surface area contributed by atoms with Crippen molar-refractivity contribution in [1.29, 1.82) is 0 Å². The molecule has 3 aromatic rings. The van der Waals surface area contributed by atoms with E-state index < -0.39 is 41.6 Å². The first-order chi connectivity index (χ1) is 20.8. The molecule has 232 valence electrons. The van der Waals surface area contributed by atoms with Crippen molar-refractivity contribution in [3.05, 3.63) is 92.8 Å². The summed E-state index contributed by atoms with van der Waals surface area (Å²) < 4.78 is 90.3. The van der Waals surface area contributed by atoms with E-state index in [4.69, 9.17) is 21.1 Å². The van der Waals surface area contributed by atoms with Gasteiger partial charge in [-0.25, -0.2) is 0 Å². The molecule has 2 heterocycles. The quantitative estimate of drug-likeness (QED) is 0.200. The molecule has 1 saturated heterocycles. The van der Waals surface area contributed by atoms with Crippen LogP contribution in [0.15, 0.2) is 70.6 Å². The van der Waals surface area contributed by atoms with Crippen molar-refractivity contribution >= 4 is 46.2 Å². The first-order valence-corrected chi connectivity index (χ1v) is 14.4. The minimum Gasteiger partial charge on any atom is -0.493 e. The zero-order valence-corrected chi connectivity index (χ0v) is 24.6. The van der Waals surface area contributed by atoms with Gasteiger partial charge in [0.2, 0.25) is 0 Å². The molecule has 0 aliphatic carbocycles. The average molecular weight is 656 g/mol. The Bertz CT molecular complexity index is 1600. The Morgan fingerprint density at radius 2 is 1.57 bits per heavy atom. The van der Waals surface area contributed by atoms with Crippen molar-refractivity contribution in [2.24, 2.45) is 4.99 Å². The van der Waals surface area contributed by atoms with Gasteiger partial charge in [0.05, 0.1) is 23.1 Å². The van der Waals surface area contributed by atoms with Gasteiger partial charge in [-0.2, -0.15) is 31.3 Å². The van der Waals surface area contributed by atoms with E-state index in [1.165, 1.54) is 31.0 Å². The molecule has 0 N–H and O–H groups in total. The molecule has 6 nitrogen and oxygen atoms in total. The fourth-order valence-corrected chi connectivity index (χ4v) is 5.77.